The second-order valence-corrected chi connectivity index (χ2v) is 10.5. The van der Waals surface area contributed by atoms with Crippen molar-refractivity contribution >= 4 is 33.0 Å². The molecular formula is C24H27N3O3S2. The van der Waals surface area contributed by atoms with E-state index in [-0.39, 0.29) is 15.7 Å². The van der Waals surface area contributed by atoms with Crippen LogP contribution < -0.4 is 10.2 Å². The van der Waals surface area contributed by atoms with Crippen LogP contribution in [0.1, 0.15) is 27.7 Å². The lowest BCUT2D eigenvalue weighted by molar-refractivity contribution is 0.0952. The van der Waals surface area contributed by atoms with Gasteiger partial charge in [0.25, 0.3) is 5.91 Å². The lowest BCUT2D eigenvalue weighted by Gasteiger charge is -2.35. The molecule has 0 unspecified atom stereocenters. The Balaban J connectivity index is 1.41. The summed E-state index contributed by atoms with van der Waals surface area (Å²) in [6, 6.07) is 19.6. The van der Waals surface area contributed by atoms with Crippen LogP contribution in [0.3, 0.4) is 0 Å². The van der Waals surface area contributed by atoms with Crippen molar-refractivity contribution in [1.82, 2.24) is 9.62 Å². The summed E-state index contributed by atoms with van der Waals surface area (Å²) in [5.74, 6) is -0.360. The molecular weight excluding hydrogens is 442 g/mol. The Morgan fingerprint density at radius 3 is 2.25 bits per heavy atom. The van der Waals surface area contributed by atoms with Crippen LogP contribution in [0.25, 0.3) is 0 Å². The standard InChI is InChI=1S/C24H27N3O3S2/c1-2-19-8-10-20(11-9-19)18-25-24(28)23-22(12-17-31-23)32(29,30)27-15-13-26(14-16-27)21-6-4-3-5-7-21/h3-12,17H,2,13-16,18H2,1H3,(H,25,28). The molecule has 2 aromatic carbocycles. The van der Waals surface area contributed by atoms with Gasteiger partial charge in [-0.1, -0.05) is 49.4 Å². The van der Waals surface area contributed by atoms with Gasteiger partial charge in [0.15, 0.2) is 0 Å². The number of thiophene rings is 1. The normalized spacial score (nSPS) is 15.0. The molecule has 168 valence electrons. The van der Waals surface area contributed by atoms with Gasteiger partial charge in [-0.2, -0.15) is 4.31 Å². The molecule has 0 radical (unpaired) electrons. The Morgan fingerprint density at radius 2 is 1.59 bits per heavy atom. The van der Waals surface area contributed by atoms with E-state index in [1.54, 1.807) is 5.38 Å². The number of piperazine rings is 1. The van der Waals surface area contributed by atoms with Gasteiger partial charge in [-0.05, 0) is 41.1 Å². The van der Waals surface area contributed by atoms with Crippen molar-refractivity contribution in [2.24, 2.45) is 0 Å². The summed E-state index contributed by atoms with van der Waals surface area (Å²) in [4.78, 5) is 15.3. The second-order valence-electron chi connectivity index (χ2n) is 7.69. The van der Waals surface area contributed by atoms with E-state index in [0.717, 1.165) is 29.0 Å². The number of hydrogen-bond acceptors (Lipinski definition) is 5. The Labute approximate surface area is 193 Å². The molecule has 32 heavy (non-hydrogen) atoms. The molecule has 0 saturated carbocycles. The number of nitrogens with zero attached hydrogens (tertiary/aromatic N) is 2. The van der Waals surface area contributed by atoms with Crippen LogP contribution in [-0.4, -0.2) is 44.8 Å². The number of anilines is 1. The zero-order valence-electron chi connectivity index (χ0n) is 18.0. The molecule has 1 N–H and O–H groups in total. The Kier molecular flexibility index (Phi) is 6.93. The molecule has 3 aromatic rings. The highest BCUT2D eigenvalue weighted by molar-refractivity contribution is 7.89. The maximum absolute atomic E-state index is 13.3. The van der Waals surface area contributed by atoms with Crippen LogP contribution >= 0.6 is 11.3 Å². The smallest absolute Gasteiger partial charge is 0.263 e. The minimum absolute atomic E-state index is 0.0921. The number of sulfonamides is 1. The van der Waals surface area contributed by atoms with Gasteiger partial charge in [0.1, 0.15) is 9.77 Å². The van der Waals surface area contributed by atoms with Gasteiger partial charge in [-0.25, -0.2) is 8.42 Å². The Bertz CT molecular complexity index is 1150. The van der Waals surface area contributed by atoms with Gasteiger partial charge < -0.3 is 10.2 Å². The number of para-hydroxylation sites is 1. The SMILES string of the molecule is CCc1ccc(CNC(=O)c2sccc2S(=O)(=O)N2CCN(c3ccccc3)CC2)cc1. The maximum atomic E-state index is 13.3. The zero-order valence-corrected chi connectivity index (χ0v) is 19.7. The number of benzene rings is 2. The summed E-state index contributed by atoms with van der Waals surface area (Å²) in [7, 11) is -3.74. The molecule has 0 atom stereocenters. The number of rotatable bonds is 7. The van der Waals surface area contributed by atoms with Gasteiger partial charge in [0.05, 0.1) is 0 Å². The minimum Gasteiger partial charge on any atom is -0.369 e. The fraction of sp³-hybridized carbons (Fsp3) is 0.292. The van der Waals surface area contributed by atoms with Gasteiger partial charge >= 0.3 is 0 Å². The van der Waals surface area contributed by atoms with Crippen LogP contribution in [0, 0.1) is 0 Å². The quantitative estimate of drug-likeness (QED) is 0.572. The highest BCUT2D eigenvalue weighted by Crippen LogP contribution is 2.27. The number of carbonyl (C=O) groups excluding carboxylic acids is 1. The molecule has 1 amide bonds. The van der Waals surface area contributed by atoms with Crippen LogP contribution in [0.2, 0.25) is 0 Å². The van der Waals surface area contributed by atoms with Crippen LogP contribution in [0.15, 0.2) is 70.9 Å². The molecule has 1 aliphatic heterocycles. The molecule has 1 aromatic heterocycles. The molecule has 0 spiro atoms. The average Bonchev–Trinajstić information content (AvgIpc) is 3.35. The summed E-state index contributed by atoms with van der Waals surface area (Å²) >= 11 is 1.16. The molecule has 6 nitrogen and oxygen atoms in total. The van der Waals surface area contributed by atoms with Crippen LogP contribution in [-0.2, 0) is 23.0 Å². The number of hydrogen-bond donors (Lipinski definition) is 1. The third-order valence-electron chi connectivity index (χ3n) is 5.70. The first-order valence-electron chi connectivity index (χ1n) is 10.7. The largest absolute Gasteiger partial charge is 0.369 e. The fourth-order valence-corrected chi connectivity index (χ4v) is 6.53. The van der Waals surface area contributed by atoms with E-state index in [1.807, 2.05) is 54.6 Å². The molecule has 1 fully saturated rings. The van der Waals surface area contributed by atoms with Gasteiger partial charge in [-0.15, -0.1) is 11.3 Å². The summed E-state index contributed by atoms with van der Waals surface area (Å²) in [6.07, 6.45) is 0.961. The number of amides is 1. The van der Waals surface area contributed by atoms with Crippen molar-refractivity contribution in [3.63, 3.8) is 0 Å². The first-order valence-corrected chi connectivity index (χ1v) is 13.0. The first kappa shape index (κ1) is 22.5. The average molecular weight is 470 g/mol. The molecule has 2 heterocycles. The summed E-state index contributed by atoms with van der Waals surface area (Å²) in [5, 5.41) is 4.53. The lowest BCUT2D eigenvalue weighted by atomic mass is 10.1. The lowest BCUT2D eigenvalue weighted by Crippen LogP contribution is -2.48. The number of aryl methyl sites for hydroxylation is 1. The molecule has 0 bridgehead atoms. The van der Waals surface area contributed by atoms with Crippen molar-refractivity contribution in [2.75, 3.05) is 31.1 Å². The number of carbonyl (C=O) groups is 1. The van der Waals surface area contributed by atoms with E-state index >= 15 is 0 Å². The van der Waals surface area contributed by atoms with Gasteiger partial charge in [-0.3, -0.25) is 4.79 Å². The predicted octanol–water partition coefficient (Wildman–Crippen LogP) is 3.75. The third-order valence-corrected chi connectivity index (χ3v) is 8.68. The summed E-state index contributed by atoms with van der Waals surface area (Å²) < 4.78 is 28.1. The highest BCUT2D eigenvalue weighted by Gasteiger charge is 2.32. The number of nitrogens with one attached hydrogen (secondary N) is 1. The van der Waals surface area contributed by atoms with E-state index in [2.05, 4.69) is 17.1 Å². The van der Waals surface area contributed by atoms with Gasteiger partial charge in [0.2, 0.25) is 10.0 Å². The fourth-order valence-electron chi connectivity index (χ4n) is 3.79. The van der Waals surface area contributed by atoms with Crippen molar-refractivity contribution in [3.8, 4) is 0 Å². The van der Waals surface area contributed by atoms with Crippen molar-refractivity contribution in [1.29, 1.82) is 0 Å². The Morgan fingerprint density at radius 1 is 0.938 bits per heavy atom. The molecule has 8 heteroatoms. The van der Waals surface area contributed by atoms with E-state index < -0.39 is 10.0 Å². The maximum Gasteiger partial charge on any atom is 0.263 e. The highest BCUT2D eigenvalue weighted by atomic mass is 32.2. The van der Waals surface area contributed by atoms with Gasteiger partial charge in [0, 0.05) is 38.4 Å². The van der Waals surface area contributed by atoms with E-state index in [9.17, 15) is 13.2 Å². The van der Waals surface area contributed by atoms with E-state index in [0.29, 0.717) is 32.7 Å². The van der Waals surface area contributed by atoms with Crippen molar-refractivity contribution < 1.29 is 13.2 Å². The molecule has 0 aliphatic carbocycles. The zero-order chi connectivity index (χ0) is 22.6. The molecule has 1 aliphatic rings. The third kappa shape index (κ3) is 4.87. The minimum atomic E-state index is -3.74. The van der Waals surface area contributed by atoms with Crippen LogP contribution in [0.5, 0.6) is 0 Å². The first-order chi connectivity index (χ1) is 15.5. The van der Waals surface area contributed by atoms with Crippen LogP contribution in [0.4, 0.5) is 5.69 Å². The predicted molar refractivity (Wildman–Crippen MR) is 129 cm³/mol. The van der Waals surface area contributed by atoms with E-state index in [4.69, 9.17) is 0 Å². The monoisotopic (exact) mass is 469 g/mol. The Hall–Kier alpha value is -2.68. The van der Waals surface area contributed by atoms with Crippen molar-refractivity contribution in [3.05, 3.63) is 82.0 Å². The summed E-state index contributed by atoms with van der Waals surface area (Å²) in [5.41, 5.74) is 3.31. The van der Waals surface area contributed by atoms with Crippen molar-refractivity contribution in [2.45, 2.75) is 24.8 Å². The molecule has 1 saturated heterocycles. The second kappa shape index (κ2) is 9.85. The molecule has 4 rings (SSSR count). The topological polar surface area (TPSA) is 69.7 Å². The van der Waals surface area contributed by atoms with E-state index in [1.165, 1.54) is 15.9 Å². The summed E-state index contributed by atoms with van der Waals surface area (Å²) in [6.45, 7) is 4.45.